The van der Waals surface area contributed by atoms with Crippen molar-refractivity contribution in [3.8, 4) is 0 Å². The van der Waals surface area contributed by atoms with Gasteiger partial charge in [0.15, 0.2) is 0 Å². The molecule has 0 N–H and O–H groups in total. The van der Waals surface area contributed by atoms with E-state index in [1.165, 1.54) is 22.4 Å². The van der Waals surface area contributed by atoms with Gasteiger partial charge in [0, 0.05) is 28.5 Å². The minimum atomic E-state index is 0.173. The highest BCUT2D eigenvalue weighted by Crippen LogP contribution is 2.45. The molecule has 0 aliphatic carbocycles. The lowest BCUT2D eigenvalue weighted by atomic mass is 9.78. The summed E-state index contributed by atoms with van der Waals surface area (Å²) in [6, 6.07) is 12.8. The number of anilines is 1. The number of hydrogen-bond donors (Lipinski definition) is 0. The number of aryl methyl sites for hydroxylation is 1. The third-order valence-electron chi connectivity index (χ3n) is 5.36. The minimum Gasteiger partial charge on any atom is -0.364 e. The van der Waals surface area contributed by atoms with Gasteiger partial charge >= 0.3 is 0 Å². The molecule has 0 aromatic heterocycles. The molecule has 3 heteroatoms. The Morgan fingerprint density at radius 2 is 1.85 bits per heavy atom. The fourth-order valence-corrected chi connectivity index (χ4v) is 4.53. The second kappa shape index (κ2) is 7.08. The van der Waals surface area contributed by atoms with Crippen LogP contribution in [0.1, 0.15) is 63.6 Å². The van der Waals surface area contributed by atoms with Crippen LogP contribution in [-0.2, 0) is 0 Å². The maximum Gasteiger partial charge on any atom is 0.0630 e. The SMILES string of the molecule is Cc1cc2c(cc1C=Nc1ccc(Cl)cc1)[C@@H](C)CC(C)(C)N2C(C)C. The van der Waals surface area contributed by atoms with Crippen LogP contribution in [0.5, 0.6) is 0 Å². The van der Waals surface area contributed by atoms with Crippen LogP contribution in [0.15, 0.2) is 41.4 Å². The molecule has 1 atom stereocenters. The molecule has 0 saturated heterocycles. The molecule has 138 valence electrons. The standard InChI is InChI=1S/C23H29ClN2/c1-15(2)26-22-11-16(3)18(12-21(22)17(4)13-23(26,5)6)14-25-20-9-7-19(24)8-10-20/h7-12,14-15,17H,13H2,1-6H3/t17-/m0/s1. The first-order valence-electron chi connectivity index (χ1n) is 9.42. The number of rotatable bonds is 3. The first kappa shape index (κ1) is 19.0. The topological polar surface area (TPSA) is 15.6 Å². The van der Waals surface area contributed by atoms with Gasteiger partial charge in [-0.1, -0.05) is 18.5 Å². The van der Waals surface area contributed by atoms with Crippen LogP contribution in [0.25, 0.3) is 0 Å². The Labute approximate surface area is 162 Å². The summed E-state index contributed by atoms with van der Waals surface area (Å²) in [6.07, 6.45) is 3.14. The molecular weight excluding hydrogens is 340 g/mol. The zero-order valence-electron chi connectivity index (χ0n) is 16.7. The molecule has 26 heavy (non-hydrogen) atoms. The second-order valence-corrected chi connectivity index (χ2v) is 8.82. The van der Waals surface area contributed by atoms with Gasteiger partial charge in [0.2, 0.25) is 0 Å². The number of hydrogen-bond acceptors (Lipinski definition) is 2. The van der Waals surface area contributed by atoms with Crippen molar-refractivity contribution in [2.45, 2.75) is 65.5 Å². The van der Waals surface area contributed by atoms with Gasteiger partial charge in [-0.15, -0.1) is 0 Å². The Kier molecular flexibility index (Phi) is 5.16. The van der Waals surface area contributed by atoms with Gasteiger partial charge in [0.1, 0.15) is 0 Å². The highest BCUT2D eigenvalue weighted by atomic mass is 35.5. The van der Waals surface area contributed by atoms with Gasteiger partial charge in [-0.3, -0.25) is 4.99 Å². The van der Waals surface area contributed by atoms with Gasteiger partial charge < -0.3 is 4.90 Å². The lowest BCUT2D eigenvalue weighted by Crippen LogP contribution is -2.51. The normalized spacial score (nSPS) is 19.2. The molecule has 0 saturated carbocycles. The number of aliphatic imine (C=N–C) groups is 1. The summed E-state index contributed by atoms with van der Waals surface area (Å²) in [5, 5.41) is 0.735. The zero-order valence-corrected chi connectivity index (χ0v) is 17.4. The van der Waals surface area contributed by atoms with Crippen molar-refractivity contribution in [1.29, 1.82) is 0 Å². The predicted octanol–water partition coefficient (Wildman–Crippen LogP) is 6.90. The molecule has 0 fully saturated rings. The van der Waals surface area contributed by atoms with E-state index in [9.17, 15) is 0 Å². The molecule has 0 radical (unpaired) electrons. The van der Waals surface area contributed by atoms with E-state index in [-0.39, 0.29) is 5.54 Å². The predicted molar refractivity (Wildman–Crippen MR) is 115 cm³/mol. The maximum absolute atomic E-state index is 5.96. The van der Waals surface area contributed by atoms with E-state index in [2.05, 4.69) is 63.6 Å². The summed E-state index contributed by atoms with van der Waals surface area (Å²) >= 11 is 5.96. The lowest BCUT2D eigenvalue weighted by molar-refractivity contribution is 0.356. The third-order valence-corrected chi connectivity index (χ3v) is 5.61. The van der Waals surface area contributed by atoms with Crippen LogP contribution in [0.3, 0.4) is 0 Å². The molecule has 0 amide bonds. The second-order valence-electron chi connectivity index (χ2n) is 8.38. The molecule has 0 spiro atoms. The number of nitrogens with zero attached hydrogens (tertiary/aromatic N) is 2. The van der Waals surface area contributed by atoms with Crippen molar-refractivity contribution < 1.29 is 0 Å². The summed E-state index contributed by atoms with van der Waals surface area (Å²) in [7, 11) is 0. The van der Waals surface area contributed by atoms with Gasteiger partial charge in [0.25, 0.3) is 0 Å². The van der Waals surface area contributed by atoms with Crippen LogP contribution < -0.4 is 4.90 Å². The Morgan fingerprint density at radius 3 is 2.46 bits per heavy atom. The third kappa shape index (κ3) is 3.66. The van der Waals surface area contributed by atoms with Crippen LogP contribution in [0.4, 0.5) is 11.4 Å². The first-order chi connectivity index (χ1) is 12.2. The molecule has 1 heterocycles. The summed E-state index contributed by atoms with van der Waals surface area (Å²) in [5.74, 6) is 0.540. The fourth-order valence-electron chi connectivity index (χ4n) is 4.40. The molecule has 2 aromatic carbocycles. The van der Waals surface area contributed by atoms with Crippen molar-refractivity contribution in [3.05, 3.63) is 58.1 Å². The van der Waals surface area contributed by atoms with E-state index >= 15 is 0 Å². The Bertz CT molecular complexity index is 819. The average molecular weight is 369 g/mol. The number of benzene rings is 2. The quantitative estimate of drug-likeness (QED) is 0.538. The Morgan fingerprint density at radius 1 is 1.19 bits per heavy atom. The van der Waals surface area contributed by atoms with Gasteiger partial charge in [0.05, 0.1) is 5.69 Å². The Balaban J connectivity index is 2.01. The van der Waals surface area contributed by atoms with E-state index in [1.807, 2.05) is 30.5 Å². The monoisotopic (exact) mass is 368 g/mol. The van der Waals surface area contributed by atoms with Crippen LogP contribution in [0, 0.1) is 6.92 Å². The molecule has 2 aromatic rings. The van der Waals surface area contributed by atoms with Crippen molar-refractivity contribution in [2.24, 2.45) is 4.99 Å². The lowest BCUT2D eigenvalue weighted by Gasteiger charge is -2.50. The molecule has 1 aliphatic rings. The zero-order chi connectivity index (χ0) is 19.1. The summed E-state index contributed by atoms with van der Waals surface area (Å²) in [6.45, 7) is 13.8. The average Bonchev–Trinajstić information content (AvgIpc) is 2.53. The van der Waals surface area contributed by atoms with Crippen molar-refractivity contribution in [2.75, 3.05) is 4.90 Å². The Hall–Kier alpha value is -1.80. The van der Waals surface area contributed by atoms with E-state index in [0.29, 0.717) is 12.0 Å². The van der Waals surface area contributed by atoms with Crippen LogP contribution >= 0.6 is 11.6 Å². The number of halogens is 1. The molecule has 0 bridgehead atoms. The minimum absolute atomic E-state index is 0.173. The highest BCUT2D eigenvalue weighted by Gasteiger charge is 2.37. The van der Waals surface area contributed by atoms with Crippen molar-refractivity contribution in [1.82, 2.24) is 0 Å². The van der Waals surface area contributed by atoms with E-state index in [4.69, 9.17) is 11.6 Å². The van der Waals surface area contributed by atoms with E-state index < -0.39 is 0 Å². The fraction of sp³-hybridized carbons (Fsp3) is 0.435. The molecule has 0 unspecified atom stereocenters. The summed E-state index contributed by atoms with van der Waals surface area (Å²) in [5.41, 5.74) is 6.35. The summed E-state index contributed by atoms with van der Waals surface area (Å²) in [4.78, 5) is 7.22. The molecule has 2 nitrogen and oxygen atoms in total. The summed E-state index contributed by atoms with van der Waals surface area (Å²) < 4.78 is 0. The van der Waals surface area contributed by atoms with Crippen LogP contribution in [-0.4, -0.2) is 17.8 Å². The van der Waals surface area contributed by atoms with Gasteiger partial charge in [-0.2, -0.15) is 0 Å². The van der Waals surface area contributed by atoms with Crippen molar-refractivity contribution >= 4 is 29.2 Å². The molecule has 3 rings (SSSR count). The largest absolute Gasteiger partial charge is 0.364 e. The van der Waals surface area contributed by atoms with Gasteiger partial charge in [-0.05, 0) is 100 Å². The molecule has 1 aliphatic heterocycles. The van der Waals surface area contributed by atoms with Gasteiger partial charge in [-0.25, -0.2) is 0 Å². The maximum atomic E-state index is 5.96. The highest BCUT2D eigenvalue weighted by molar-refractivity contribution is 6.30. The van der Waals surface area contributed by atoms with E-state index in [1.54, 1.807) is 0 Å². The molecular formula is C23H29ClN2. The van der Waals surface area contributed by atoms with Crippen molar-refractivity contribution in [3.63, 3.8) is 0 Å². The van der Waals surface area contributed by atoms with E-state index in [0.717, 1.165) is 17.1 Å². The number of fused-ring (bicyclic) bond motifs is 1. The first-order valence-corrected chi connectivity index (χ1v) is 9.80. The van der Waals surface area contributed by atoms with Crippen LogP contribution in [0.2, 0.25) is 5.02 Å². The smallest absolute Gasteiger partial charge is 0.0630 e.